The van der Waals surface area contributed by atoms with Gasteiger partial charge in [0, 0.05) is 0 Å². The lowest BCUT2D eigenvalue weighted by molar-refractivity contribution is -0.873. The predicted molar refractivity (Wildman–Crippen MR) is 69.8 cm³/mol. The topological polar surface area (TPSA) is 46.5 Å². The van der Waals surface area contributed by atoms with Crippen LogP contribution in [0.15, 0.2) is 30.3 Å². The molecule has 0 aliphatic rings. The minimum atomic E-state index is -0.659. The quantitative estimate of drug-likeness (QED) is 0.611. The van der Waals surface area contributed by atoms with Crippen molar-refractivity contribution in [3.05, 3.63) is 35.9 Å². The lowest BCUT2D eigenvalue weighted by Crippen LogP contribution is -2.42. The Balaban J connectivity index is 2.30. The van der Waals surface area contributed by atoms with Gasteiger partial charge in [-0.2, -0.15) is 0 Å². The lowest BCUT2D eigenvalue weighted by atomic mass is 10.2. The first kappa shape index (κ1) is 14.7. The summed E-state index contributed by atoms with van der Waals surface area (Å²) in [4.78, 5) is 11.5. The van der Waals surface area contributed by atoms with E-state index in [1.807, 2.05) is 51.5 Å². The first-order chi connectivity index (χ1) is 8.37. The Morgan fingerprint density at radius 2 is 1.89 bits per heavy atom. The second kappa shape index (κ2) is 6.52. The average Bonchev–Trinajstić information content (AvgIpc) is 2.25. The number of nitrogens with zero attached hydrogens (tertiary/aromatic N) is 1. The van der Waals surface area contributed by atoms with Gasteiger partial charge >= 0.3 is 5.97 Å². The molecule has 0 radical (unpaired) electrons. The van der Waals surface area contributed by atoms with Crippen LogP contribution in [0.25, 0.3) is 0 Å². The number of quaternary nitrogens is 1. The van der Waals surface area contributed by atoms with Crippen molar-refractivity contribution >= 4 is 5.97 Å². The number of carbonyl (C=O) groups excluding carboxylic acids is 1. The molecule has 0 heterocycles. The number of aliphatic hydroxyl groups is 1. The summed E-state index contributed by atoms with van der Waals surface area (Å²) in [6.07, 6.45) is -0.615. The summed E-state index contributed by atoms with van der Waals surface area (Å²) in [5.41, 5.74) is 0.951. The number of hydrogen-bond donors (Lipinski definition) is 1. The van der Waals surface area contributed by atoms with Crippen molar-refractivity contribution in [1.29, 1.82) is 0 Å². The minimum Gasteiger partial charge on any atom is -0.461 e. The van der Waals surface area contributed by atoms with Crippen molar-refractivity contribution in [3.63, 3.8) is 0 Å². The number of esters is 1. The Morgan fingerprint density at radius 3 is 2.44 bits per heavy atom. The molecule has 0 saturated heterocycles. The highest BCUT2D eigenvalue weighted by Crippen LogP contribution is 2.04. The fraction of sp³-hybridized carbons (Fsp3) is 0.500. The molecule has 1 N–H and O–H groups in total. The van der Waals surface area contributed by atoms with Crippen molar-refractivity contribution in [2.24, 2.45) is 0 Å². The van der Waals surface area contributed by atoms with Gasteiger partial charge in [0.2, 0.25) is 0 Å². The number of likely N-dealkylation sites (N-methyl/N-ethyl adjacent to an activating group) is 1. The number of aliphatic hydroxyl groups excluding tert-OH is 1. The Hall–Kier alpha value is -1.39. The maximum Gasteiger partial charge on any atom is 0.308 e. The fourth-order valence-electron chi connectivity index (χ4n) is 1.69. The van der Waals surface area contributed by atoms with Crippen LogP contribution in [0.3, 0.4) is 0 Å². The number of benzene rings is 1. The van der Waals surface area contributed by atoms with E-state index in [9.17, 15) is 9.90 Å². The van der Waals surface area contributed by atoms with Gasteiger partial charge < -0.3 is 14.3 Å². The monoisotopic (exact) mass is 252 g/mol. The van der Waals surface area contributed by atoms with Gasteiger partial charge in [-0.3, -0.25) is 4.79 Å². The van der Waals surface area contributed by atoms with E-state index in [0.717, 1.165) is 5.56 Å². The molecule has 18 heavy (non-hydrogen) atoms. The molecule has 100 valence electrons. The molecule has 0 aliphatic carbocycles. The van der Waals surface area contributed by atoms with Gasteiger partial charge in [0.1, 0.15) is 19.3 Å². The van der Waals surface area contributed by atoms with E-state index in [1.54, 1.807) is 0 Å². The summed E-state index contributed by atoms with van der Waals surface area (Å²) in [5, 5.41) is 9.74. The molecule has 0 saturated carbocycles. The molecule has 0 fully saturated rings. The number of ether oxygens (including phenoxy) is 1. The van der Waals surface area contributed by atoms with E-state index < -0.39 is 6.10 Å². The van der Waals surface area contributed by atoms with Crippen LogP contribution in [0, 0.1) is 0 Å². The zero-order chi connectivity index (χ0) is 13.6. The van der Waals surface area contributed by atoms with Gasteiger partial charge in [0.05, 0.1) is 27.6 Å². The number of rotatable bonds is 6. The highest BCUT2D eigenvalue weighted by molar-refractivity contribution is 5.69. The molecule has 1 unspecified atom stereocenters. The summed E-state index contributed by atoms with van der Waals surface area (Å²) >= 11 is 0. The van der Waals surface area contributed by atoms with Crippen LogP contribution in [-0.2, 0) is 16.1 Å². The Morgan fingerprint density at radius 1 is 1.28 bits per heavy atom. The molecule has 4 heteroatoms. The van der Waals surface area contributed by atoms with Gasteiger partial charge in [-0.25, -0.2) is 0 Å². The fourth-order valence-corrected chi connectivity index (χ4v) is 1.69. The van der Waals surface area contributed by atoms with E-state index in [4.69, 9.17) is 4.74 Å². The molecule has 1 atom stereocenters. The highest BCUT2D eigenvalue weighted by atomic mass is 16.5. The van der Waals surface area contributed by atoms with E-state index >= 15 is 0 Å². The predicted octanol–water partition coefficient (Wildman–Crippen LogP) is 1.19. The van der Waals surface area contributed by atoms with Crippen molar-refractivity contribution in [1.82, 2.24) is 0 Å². The zero-order valence-electron chi connectivity index (χ0n) is 11.3. The summed E-state index contributed by atoms with van der Waals surface area (Å²) in [6, 6.07) is 9.51. The van der Waals surface area contributed by atoms with Gasteiger partial charge in [0.15, 0.2) is 0 Å². The number of hydrogen-bond acceptors (Lipinski definition) is 3. The molecule has 0 aliphatic heterocycles. The second-order valence-electron chi connectivity index (χ2n) is 5.48. The van der Waals surface area contributed by atoms with Crippen LogP contribution in [0.2, 0.25) is 0 Å². The largest absolute Gasteiger partial charge is 0.461 e. The van der Waals surface area contributed by atoms with Gasteiger partial charge in [-0.1, -0.05) is 30.3 Å². The molecular weight excluding hydrogens is 230 g/mol. The van der Waals surface area contributed by atoms with E-state index in [0.29, 0.717) is 11.0 Å². The third-order valence-electron chi connectivity index (χ3n) is 2.40. The van der Waals surface area contributed by atoms with Crippen LogP contribution in [0.5, 0.6) is 0 Å². The maximum absolute atomic E-state index is 11.5. The summed E-state index contributed by atoms with van der Waals surface area (Å²) in [6.45, 7) is 0.789. The normalized spacial score (nSPS) is 13.1. The van der Waals surface area contributed by atoms with E-state index in [2.05, 4.69) is 0 Å². The van der Waals surface area contributed by atoms with Crippen LogP contribution in [0.4, 0.5) is 0 Å². The molecular formula is C14H22NO3+. The molecule has 0 bridgehead atoms. The standard InChI is InChI=1S/C14H22NO3/c1-15(2,3)10-13(16)9-14(17)18-11-12-7-5-4-6-8-12/h4-8,13,16H,9-11H2,1-3H3/q+1. The zero-order valence-corrected chi connectivity index (χ0v) is 11.3. The van der Waals surface area contributed by atoms with Crippen LogP contribution in [0.1, 0.15) is 12.0 Å². The average molecular weight is 252 g/mol. The van der Waals surface area contributed by atoms with Crippen molar-refractivity contribution in [2.75, 3.05) is 27.7 Å². The molecule has 4 nitrogen and oxygen atoms in total. The molecule has 1 rings (SSSR count). The summed E-state index contributed by atoms with van der Waals surface area (Å²) in [5.74, 6) is -0.361. The maximum atomic E-state index is 11.5. The number of carbonyl (C=O) groups is 1. The van der Waals surface area contributed by atoms with Crippen LogP contribution in [-0.4, -0.2) is 49.4 Å². The first-order valence-corrected chi connectivity index (χ1v) is 6.05. The van der Waals surface area contributed by atoms with Crippen molar-refractivity contribution < 1.29 is 19.1 Å². The Labute approximate surface area is 108 Å². The molecule has 1 aromatic rings. The van der Waals surface area contributed by atoms with Crippen molar-refractivity contribution in [2.45, 2.75) is 19.1 Å². The first-order valence-electron chi connectivity index (χ1n) is 6.05. The minimum absolute atomic E-state index is 0.0440. The second-order valence-corrected chi connectivity index (χ2v) is 5.48. The Kier molecular flexibility index (Phi) is 5.31. The lowest BCUT2D eigenvalue weighted by Gasteiger charge is -2.26. The van der Waals surface area contributed by atoms with E-state index in [1.165, 1.54) is 0 Å². The molecule has 1 aromatic carbocycles. The molecule has 0 spiro atoms. The summed E-state index contributed by atoms with van der Waals surface area (Å²) in [7, 11) is 5.91. The van der Waals surface area contributed by atoms with Gasteiger partial charge in [0.25, 0.3) is 0 Å². The SMILES string of the molecule is C[N+](C)(C)CC(O)CC(=O)OCc1ccccc1. The molecule has 0 aromatic heterocycles. The third-order valence-corrected chi connectivity index (χ3v) is 2.40. The van der Waals surface area contributed by atoms with Crippen molar-refractivity contribution in [3.8, 4) is 0 Å². The summed E-state index contributed by atoms with van der Waals surface area (Å²) < 4.78 is 5.73. The highest BCUT2D eigenvalue weighted by Gasteiger charge is 2.19. The van der Waals surface area contributed by atoms with Crippen LogP contribution >= 0.6 is 0 Å². The molecule has 0 amide bonds. The Bertz CT molecular complexity index is 370. The van der Waals surface area contributed by atoms with E-state index in [-0.39, 0.29) is 19.0 Å². The smallest absolute Gasteiger partial charge is 0.308 e. The van der Waals surface area contributed by atoms with Gasteiger partial charge in [-0.15, -0.1) is 0 Å². The third kappa shape index (κ3) is 6.37. The van der Waals surface area contributed by atoms with Gasteiger partial charge in [-0.05, 0) is 5.56 Å². The van der Waals surface area contributed by atoms with Crippen LogP contribution < -0.4 is 0 Å².